The molecule has 118 valence electrons. The van der Waals surface area contributed by atoms with Crippen LogP contribution < -0.4 is 16.4 Å². The number of hydrogen-bond acceptors (Lipinski definition) is 3. The van der Waals surface area contributed by atoms with Crippen molar-refractivity contribution in [3.05, 3.63) is 0 Å². The molecule has 20 heavy (non-hydrogen) atoms. The maximum absolute atomic E-state index is 11.8. The summed E-state index contributed by atoms with van der Waals surface area (Å²) in [6.07, 6.45) is -1.51. The Kier molecular flexibility index (Phi) is 7.88. The van der Waals surface area contributed by atoms with E-state index in [0.717, 1.165) is 19.3 Å². The van der Waals surface area contributed by atoms with Gasteiger partial charge in [0.15, 0.2) is 0 Å². The van der Waals surface area contributed by atoms with Gasteiger partial charge in [-0.25, -0.2) is 0 Å². The zero-order valence-electron chi connectivity index (χ0n) is 10.8. The average molecular weight is 318 g/mol. The van der Waals surface area contributed by atoms with Crippen LogP contribution in [0.2, 0.25) is 0 Å². The molecule has 0 spiro atoms. The van der Waals surface area contributed by atoms with Crippen molar-refractivity contribution < 1.29 is 22.8 Å². The van der Waals surface area contributed by atoms with Gasteiger partial charge in [0.25, 0.3) is 0 Å². The van der Waals surface area contributed by atoms with E-state index in [1.165, 1.54) is 0 Å². The minimum atomic E-state index is -4.45. The summed E-state index contributed by atoms with van der Waals surface area (Å²) >= 11 is 0. The molecule has 0 radical (unpaired) electrons. The highest BCUT2D eigenvalue weighted by Crippen LogP contribution is 2.26. The van der Waals surface area contributed by atoms with Crippen LogP contribution in [-0.4, -0.2) is 37.1 Å². The Morgan fingerprint density at radius 3 is 2.30 bits per heavy atom. The molecule has 5 nitrogen and oxygen atoms in total. The molecule has 0 aliphatic heterocycles. The summed E-state index contributed by atoms with van der Waals surface area (Å²) in [5.74, 6) is -1.12. The summed E-state index contributed by atoms with van der Waals surface area (Å²) in [4.78, 5) is 22.5. The largest absolute Gasteiger partial charge is 0.405 e. The van der Waals surface area contributed by atoms with Gasteiger partial charge in [-0.3, -0.25) is 9.59 Å². The van der Waals surface area contributed by atoms with Crippen molar-refractivity contribution in [2.45, 2.75) is 37.9 Å². The highest BCUT2D eigenvalue weighted by molar-refractivity contribution is 5.85. The van der Waals surface area contributed by atoms with Gasteiger partial charge < -0.3 is 16.4 Å². The fraction of sp³-hybridized carbons (Fsp3) is 0.818. The van der Waals surface area contributed by atoms with Crippen molar-refractivity contribution in [1.82, 2.24) is 10.6 Å². The topological polar surface area (TPSA) is 84.2 Å². The lowest BCUT2D eigenvalue weighted by Gasteiger charge is -2.14. The van der Waals surface area contributed by atoms with Gasteiger partial charge >= 0.3 is 6.18 Å². The fourth-order valence-electron chi connectivity index (χ4n) is 2.07. The first-order valence-corrected chi connectivity index (χ1v) is 6.13. The smallest absolute Gasteiger partial charge is 0.347 e. The molecule has 1 fully saturated rings. The number of alkyl halides is 3. The minimum absolute atomic E-state index is 0. The van der Waals surface area contributed by atoms with Gasteiger partial charge in [-0.15, -0.1) is 12.4 Å². The van der Waals surface area contributed by atoms with E-state index in [1.54, 1.807) is 5.32 Å². The van der Waals surface area contributed by atoms with Crippen LogP contribution in [0.4, 0.5) is 13.2 Å². The lowest BCUT2D eigenvalue weighted by atomic mass is 10.00. The first kappa shape index (κ1) is 19.0. The van der Waals surface area contributed by atoms with Gasteiger partial charge in [0.05, 0.1) is 6.54 Å². The quantitative estimate of drug-likeness (QED) is 0.698. The van der Waals surface area contributed by atoms with E-state index >= 15 is 0 Å². The van der Waals surface area contributed by atoms with Crippen molar-refractivity contribution in [2.24, 2.45) is 11.7 Å². The molecule has 0 aromatic heterocycles. The average Bonchev–Trinajstić information content (AvgIpc) is 2.69. The molecule has 0 bridgehead atoms. The second-order valence-corrected chi connectivity index (χ2v) is 4.73. The van der Waals surface area contributed by atoms with E-state index in [9.17, 15) is 22.8 Å². The Hall–Kier alpha value is -1.02. The Labute approximate surface area is 121 Å². The molecular formula is C11H19ClF3N3O2. The molecule has 2 amide bonds. The van der Waals surface area contributed by atoms with Crippen molar-refractivity contribution in [3.8, 4) is 0 Å². The number of carbonyl (C=O) groups excluding carboxylic acids is 2. The number of halogens is 4. The van der Waals surface area contributed by atoms with E-state index in [2.05, 4.69) is 5.32 Å². The van der Waals surface area contributed by atoms with E-state index in [1.807, 2.05) is 0 Å². The molecule has 2 atom stereocenters. The normalized spacial score (nSPS) is 22.0. The van der Waals surface area contributed by atoms with Crippen LogP contribution in [0, 0.1) is 5.92 Å². The Morgan fingerprint density at radius 1 is 1.15 bits per heavy atom. The summed E-state index contributed by atoms with van der Waals surface area (Å²) in [6, 6.07) is -0.00944. The summed E-state index contributed by atoms with van der Waals surface area (Å²) in [5.41, 5.74) is 5.79. The van der Waals surface area contributed by atoms with Crippen LogP contribution in [0.25, 0.3) is 0 Å². The van der Waals surface area contributed by atoms with Gasteiger partial charge in [0.1, 0.15) is 6.54 Å². The number of rotatable bonds is 5. The molecule has 9 heteroatoms. The number of hydrogen-bond donors (Lipinski definition) is 3. The Bertz CT molecular complexity index is 339. The lowest BCUT2D eigenvalue weighted by Crippen LogP contribution is -2.41. The van der Waals surface area contributed by atoms with E-state index in [4.69, 9.17) is 5.73 Å². The lowest BCUT2D eigenvalue weighted by molar-refractivity contribution is -0.138. The summed E-state index contributed by atoms with van der Waals surface area (Å²) in [6.45, 7) is -1.84. The van der Waals surface area contributed by atoms with Crippen LogP contribution in [0.1, 0.15) is 25.7 Å². The van der Waals surface area contributed by atoms with Crippen LogP contribution in [-0.2, 0) is 9.59 Å². The molecule has 1 aliphatic rings. The van der Waals surface area contributed by atoms with Gasteiger partial charge in [-0.05, 0) is 18.8 Å². The van der Waals surface area contributed by atoms with Crippen molar-refractivity contribution >= 4 is 24.2 Å². The molecule has 1 saturated carbocycles. The maximum Gasteiger partial charge on any atom is 0.405 e. The first-order chi connectivity index (χ1) is 8.78. The zero-order chi connectivity index (χ0) is 14.5. The number of nitrogens with two attached hydrogens (primary N) is 1. The maximum atomic E-state index is 11.8. The Balaban J connectivity index is 0.00000361. The third-order valence-electron chi connectivity index (χ3n) is 3.10. The van der Waals surface area contributed by atoms with Crippen LogP contribution >= 0.6 is 12.4 Å². The highest BCUT2D eigenvalue weighted by atomic mass is 35.5. The molecule has 4 N–H and O–H groups in total. The van der Waals surface area contributed by atoms with Gasteiger partial charge in [0.2, 0.25) is 11.8 Å². The Morgan fingerprint density at radius 2 is 1.80 bits per heavy atom. The molecule has 0 unspecified atom stereocenters. The number of nitrogens with one attached hydrogen (secondary N) is 2. The molecule has 0 saturated heterocycles. The standard InChI is InChI=1S/C11H18F3N3O2.ClH/c12-11(13,14)6-17-10(19)5-16-9(18)4-7-2-1-3-8(7)15;/h7-8H,1-6,15H2,(H,16,18)(H,17,19);1H/t7-,8+;/m0./s1. The summed E-state index contributed by atoms with van der Waals surface area (Å²) < 4.78 is 35.4. The zero-order valence-corrected chi connectivity index (χ0v) is 11.6. The van der Waals surface area contributed by atoms with E-state index in [0.29, 0.717) is 0 Å². The van der Waals surface area contributed by atoms with Gasteiger partial charge in [-0.1, -0.05) is 6.42 Å². The third-order valence-corrected chi connectivity index (χ3v) is 3.10. The van der Waals surface area contributed by atoms with Crippen LogP contribution in [0.5, 0.6) is 0 Å². The number of carbonyl (C=O) groups is 2. The molecule has 0 aromatic rings. The first-order valence-electron chi connectivity index (χ1n) is 6.13. The van der Waals surface area contributed by atoms with Crippen molar-refractivity contribution in [2.75, 3.05) is 13.1 Å². The number of amides is 2. The predicted molar refractivity (Wildman–Crippen MR) is 69.3 cm³/mol. The molecular weight excluding hydrogens is 299 g/mol. The van der Waals surface area contributed by atoms with Crippen molar-refractivity contribution in [3.63, 3.8) is 0 Å². The molecule has 1 aliphatic carbocycles. The van der Waals surface area contributed by atoms with Gasteiger partial charge in [0, 0.05) is 12.5 Å². The van der Waals surface area contributed by atoms with Crippen LogP contribution in [0.15, 0.2) is 0 Å². The highest BCUT2D eigenvalue weighted by Gasteiger charge is 2.28. The summed E-state index contributed by atoms with van der Waals surface area (Å²) in [5, 5.41) is 3.97. The molecule has 1 rings (SSSR count). The fourth-order valence-corrected chi connectivity index (χ4v) is 2.07. The SMILES string of the molecule is Cl.N[C@@H]1CCC[C@H]1CC(=O)NCC(=O)NCC(F)(F)F. The van der Waals surface area contributed by atoms with Gasteiger partial charge in [-0.2, -0.15) is 13.2 Å². The van der Waals surface area contributed by atoms with E-state index < -0.39 is 25.2 Å². The predicted octanol–water partition coefficient (Wildman–Crippen LogP) is 0.720. The monoisotopic (exact) mass is 317 g/mol. The third kappa shape index (κ3) is 7.54. The van der Waals surface area contributed by atoms with E-state index in [-0.39, 0.29) is 36.7 Å². The van der Waals surface area contributed by atoms with Crippen LogP contribution in [0.3, 0.4) is 0 Å². The molecule has 0 aromatic carbocycles. The second kappa shape index (κ2) is 8.31. The van der Waals surface area contributed by atoms with Crippen molar-refractivity contribution in [1.29, 1.82) is 0 Å². The second-order valence-electron chi connectivity index (χ2n) is 4.73. The molecule has 0 heterocycles. The summed E-state index contributed by atoms with van der Waals surface area (Å²) in [7, 11) is 0. The minimum Gasteiger partial charge on any atom is -0.347 e.